The van der Waals surface area contributed by atoms with E-state index in [9.17, 15) is 0 Å². The molecule has 96 valence electrons. The van der Waals surface area contributed by atoms with E-state index in [0.29, 0.717) is 0 Å². The summed E-state index contributed by atoms with van der Waals surface area (Å²) in [6.07, 6.45) is 5.00. The summed E-state index contributed by atoms with van der Waals surface area (Å²) < 4.78 is 0. The van der Waals surface area contributed by atoms with Gasteiger partial charge in [0.1, 0.15) is 0 Å². The minimum atomic E-state index is 0.264. The summed E-state index contributed by atoms with van der Waals surface area (Å²) in [6.45, 7) is 10.1. The van der Waals surface area contributed by atoms with E-state index in [1.165, 1.54) is 51.9 Å². The van der Waals surface area contributed by atoms with Crippen molar-refractivity contribution in [3.8, 4) is 0 Å². The molecule has 0 aromatic heterocycles. The fraction of sp³-hybridized carbons (Fsp3) is 1.00. The number of hydrogen-bond donors (Lipinski definition) is 1. The molecular formula is C13H29N3. The maximum atomic E-state index is 6.07. The standard InChI is InChI=1S/C13H29N3/c1-4-9-15(3)13(12-14)7-6-10-16(5-2)11-8-13/h4-12,14H2,1-3H3. The summed E-state index contributed by atoms with van der Waals surface area (Å²) in [5.41, 5.74) is 6.33. The number of nitrogens with zero attached hydrogens (tertiary/aromatic N) is 2. The lowest BCUT2D eigenvalue weighted by Gasteiger charge is -2.40. The van der Waals surface area contributed by atoms with Crippen LogP contribution in [0.3, 0.4) is 0 Å². The molecule has 3 heteroatoms. The zero-order valence-corrected chi connectivity index (χ0v) is 11.3. The van der Waals surface area contributed by atoms with Gasteiger partial charge in [0.2, 0.25) is 0 Å². The lowest BCUT2D eigenvalue weighted by Crippen LogP contribution is -2.52. The summed E-state index contributed by atoms with van der Waals surface area (Å²) >= 11 is 0. The van der Waals surface area contributed by atoms with Crippen molar-refractivity contribution in [3.05, 3.63) is 0 Å². The van der Waals surface area contributed by atoms with E-state index < -0.39 is 0 Å². The molecule has 0 aromatic carbocycles. The Morgan fingerprint density at radius 3 is 2.56 bits per heavy atom. The number of likely N-dealkylation sites (N-methyl/N-ethyl adjacent to an activating group) is 1. The number of hydrogen-bond acceptors (Lipinski definition) is 3. The average Bonchev–Trinajstić information content (AvgIpc) is 2.52. The van der Waals surface area contributed by atoms with Crippen LogP contribution in [0.4, 0.5) is 0 Å². The summed E-state index contributed by atoms with van der Waals surface area (Å²) in [4.78, 5) is 5.06. The molecule has 0 aromatic rings. The van der Waals surface area contributed by atoms with Gasteiger partial charge in [-0.05, 0) is 58.9 Å². The van der Waals surface area contributed by atoms with E-state index in [2.05, 4.69) is 30.7 Å². The van der Waals surface area contributed by atoms with Crippen LogP contribution in [0.2, 0.25) is 0 Å². The molecule has 0 aliphatic carbocycles. The lowest BCUT2D eigenvalue weighted by atomic mass is 9.88. The largest absolute Gasteiger partial charge is 0.329 e. The molecule has 1 rings (SSSR count). The van der Waals surface area contributed by atoms with Crippen molar-refractivity contribution in [2.45, 2.75) is 45.1 Å². The molecule has 1 atom stereocenters. The zero-order chi connectivity index (χ0) is 12.0. The van der Waals surface area contributed by atoms with Gasteiger partial charge < -0.3 is 10.6 Å². The molecule has 1 aliphatic heterocycles. The second-order valence-electron chi connectivity index (χ2n) is 5.14. The third-order valence-corrected chi connectivity index (χ3v) is 4.21. The molecule has 1 fully saturated rings. The Balaban J connectivity index is 2.64. The summed E-state index contributed by atoms with van der Waals surface area (Å²) in [6, 6.07) is 0. The molecule has 1 unspecified atom stereocenters. The van der Waals surface area contributed by atoms with Gasteiger partial charge >= 0.3 is 0 Å². The minimum absolute atomic E-state index is 0.264. The molecular weight excluding hydrogens is 198 g/mol. The second-order valence-corrected chi connectivity index (χ2v) is 5.14. The second kappa shape index (κ2) is 6.58. The quantitative estimate of drug-likeness (QED) is 0.773. The highest BCUT2D eigenvalue weighted by atomic mass is 15.2. The summed E-state index contributed by atoms with van der Waals surface area (Å²) in [5.74, 6) is 0. The predicted octanol–water partition coefficient (Wildman–Crippen LogP) is 1.53. The zero-order valence-electron chi connectivity index (χ0n) is 11.3. The van der Waals surface area contributed by atoms with Crippen LogP contribution in [0.15, 0.2) is 0 Å². The molecule has 1 aliphatic rings. The number of likely N-dealkylation sites (tertiary alicyclic amines) is 1. The van der Waals surface area contributed by atoms with Crippen molar-refractivity contribution < 1.29 is 0 Å². The summed E-state index contributed by atoms with van der Waals surface area (Å²) in [7, 11) is 2.25. The van der Waals surface area contributed by atoms with Crippen molar-refractivity contribution in [3.63, 3.8) is 0 Å². The maximum absolute atomic E-state index is 6.07. The highest BCUT2D eigenvalue weighted by Gasteiger charge is 2.34. The molecule has 0 saturated carbocycles. The van der Waals surface area contributed by atoms with E-state index in [1.54, 1.807) is 0 Å². The number of rotatable bonds is 5. The van der Waals surface area contributed by atoms with E-state index in [-0.39, 0.29) is 5.54 Å². The Bertz CT molecular complexity index is 196. The first kappa shape index (κ1) is 13.9. The molecule has 1 heterocycles. The third kappa shape index (κ3) is 3.19. The van der Waals surface area contributed by atoms with Crippen LogP contribution in [0, 0.1) is 0 Å². The Labute approximate surface area is 101 Å². The SMILES string of the molecule is CCCN(C)C1(CN)CCCN(CC)CC1. The van der Waals surface area contributed by atoms with Crippen LogP contribution in [0.1, 0.15) is 39.5 Å². The van der Waals surface area contributed by atoms with Crippen LogP contribution in [0.5, 0.6) is 0 Å². The van der Waals surface area contributed by atoms with Crippen molar-refractivity contribution in [2.24, 2.45) is 5.73 Å². The molecule has 2 N–H and O–H groups in total. The first-order valence-corrected chi connectivity index (χ1v) is 6.82. The van der Waals surface area contributed by atoms with Gasteiger partial charge in [0, 0.05) is 12.1 Å². The Morgan fingerprint density at radius 2 is 2.00 bits per heavy atom. The van der Waals surface area contributed by atoms with Gasteiger partial charge in [-0.25, -0.2) is 0 Å². The number of nitrogens with two attached hydrogens (primary N) is 1. The third-order valence-electron chi connectivity index (χ3n) is 4.21. The molecule has 0 amide bonds. The lowest BCUT2D eigenvalue weighted by molar-refractivity contribution is 0.107. The first-order valence-electron chi connectivity index (χ1n) is 6.82. The van der Waals surface area contributed by atoms with Crippen molar-refractivity contribution >= 4 is 0 Å². The summed E-state index contributed by atoms with van der Waals surface area (Å²) in [5, 5.41) is 0. The average molecular weight is 227 g/mol. The molecule has 0 bridgehead atoms. The minimum Gasteiger partial charge on any atom is -0.329 e. The van der Waals surface area contributed by atoms with Gasteiger partial charge in [-0.3, -0.25) is 4.90 Å². The fourth-order valence-electron chi connectivity index (χ4n) is 2.87. The first-order chi connectivity index (χ1) is 7.68. The van der Waals surface area contributed by atoms with Crippen LogP contribution in [0.25, 0.3) is 0 Å². The van der Waals surface area contributed by atoms with Crippen LogP contribution < -0.4 is 5.73 Å². The van der Waals surface area contributed by atoms with Gasteiger partial charge in [-0.15, -0.1) is 0 Å². The smallest absolute Gasteiger partial charge is 0.0341 e. The Morgan fingerprint density at radius 1 is 1.25 bits per heavy atom. The fourth-order valence-corrected chi connectivity index (χ4v) is 2.87. The highest BCUT2D eigenvalue weighted by Crippen LogP contribution is 2.27. The topological polar surface area (TPSA) is 32.5 Å². The van der Waals surface area contributed by atoms with Crippen molar-refractivity contribution in [2.75, 3.05) is 39.8 Å². The van der Waals surface area contributed by atoms with E-state index >= 15 is 0 Å². The highest BCUT2D eigenvalue weighted by molar-refractivity contribution is 4.93. The van der Waals surface area contributed by atoms with Gasteiger partial charge in [-0.2, -0.15) is 0 Å². The molecule has 16 heavy (non-hydrogen) atoms. The maximum Gasteiger partial charge on any atom is 0.0341 e. The molecule has 1 saturated heterocycles. The van der Waals surface area contributed by atoms with Gasteiger partial charge in [-0.1, -0.05) is 13.8 Å². The van der Waals surface area contributed by atoms with Crippen LogP contribution in [-0.2, 0) is 0 Å². The van der Waals surface area contributed by atoms with E-state index in [0.717, 1.165) is 6.54 Å². The van der Waals surface area contributed by atoms with E-state index in [1.807, 2.05) is 0 Å². The van der Waals surface area contributed by atoms with Crippen molar-refractivity contribution in [1.82, 2.24) is 9.80 Å². The van der Waals surface area contributed by atoms with Crippen LogP contribution in [-0.4, -0.2) is 55.1 Å². The van der Waals surface area contributed by atoms with Crippen molar-refractivity contribution in [1.29, 1.82) is 0 Å². The van der Waals surface area contributed by atoms with Gasteiger partial charge in [0.25, 0.3) is 0 Å². The molecule has 0 radical (unpaired) electrons. The van der Waals surface area contributed by atoms with Gasteiger partial charge in [0.05, 0.1) is 0 Å². The Kier molecular flexibility index (Phi) is 5.73. The monoisotopic (exact) mass is 227 g/mol. The van der Waals surface area contributed by atoms with E-state index in [4.69, 9.17) is 5.73 Å². The van der Waals surface area contributed by atoms with Gasteiger partial charge in [0.15, 0.2) is 0 Å². The predicted molar refractivity (Wildman–Crippen MR) is 70.7 cm³/mol. The molecule has 0 spiro atoms. The van der Waals surface area contributed by atoms with Crippen LogP contribution >= 0.6 is 0 Å². The Hall–Kier alpha value is -0.120. The normalized spacial score (nSPS) is 28.3. The molecule has 3 nitrogen and oxygen atoms in total.